The van der Waals surface area contributed by atoms with E-state index in [0.717, 1.165) is 19.9 Å². The van der Waals surface area contributed by atoms with Crippen molar-refractivity contribution < 1.29 is 4.52 Å². The van der Waals surface area contributed by atoms with E-state index in [0.29, 0.717) is 17.4 Å². The van der Waals surface area contributed by atoms with Crippen LogP contribution in [0.25, 0.3) is 22.3 Å². The van der Waals surface area contributed by atoms with Crippen molar-refractivity contribution in [2.45, 2.75) is 6.92 Å². The Balaban J connectivity index is 1.99. The van der Waals surface area contributed by atoms with Gasteiger partial charge in [0.15, 0.2) is 0 Å². The number of thiophene rings is 1. The molecule has 0 spiro atoms. The van der Waals surface area contributed by atoms with Gasteiger partial charge in [-0.1, -0.05) is 5.16 Å². The maximum atomic E-state index is 5.76. The van der Waals surface area contributed by atoms with Crippen LogP contribution in [0.5, 0.6) is 0 Å². The fourth-order valence-corrected chi connectivity index (χ4v) is 2.74. The molecular weight excluding hydrogens is 328 g/mol. The van der Waals surface area contributed by atoms with Gasteiger partial charge in [0.2, 0.25) is 5.82 Å². The maximum Gasteiger partial charge on any atom is 0.268 e. The summed E-state index contributed by atoms with van der Waals surface area (Å²) < 4.78 is 6.18. The average molecular weight is 337 g/mol. The third-order valence-corrected chi connectivity index (χ3v) is 4.04. The lowest BCUT2D eigenvalue weighted by atomic mass is 10.3. The minimum Gasteiger partial charge on any atom is -0.391 e. The van der Waals surface area contributed by atoms with Crippen molar-refractivity contribution in [3.05, 3.63) is 34.4 Å². The Morgan fingerprint density at radius 3 is 2.84 bits per heavy atom. The lowest BCUT2D eigenvalue weighted by Crippen LogP contribution is -1.84. The van der Waals surface area contributed by atoms with Crippen LogP contribution in [-0.2, 0) is 0 Å². The van der Waals surface area contributed by atoms with E-state index in [4.69, 9.17) is 10.3 Å². The number of pyridine rings is 1. The molecule has 0 radical (unpaired) electrons. The Bertz CT molecular complexity index is 720. The van der Waals surface area contributed by atoms with Crippen LogP contribution < -0.4 is 5.73 Å². The highest BCUT2D eigenvalue weighted by Gasteiger charge is 2.15. The van der Waals surface area contributed by atoms with Gasteiger partial charge in [0, 0.05) is 10.7 Å². The summed E-state index contributed by atoms with van der Waals surface area (Å²) in [7, 11) is 0. The van der Waals surface area contributed by atoms with Crippen molar-refractivity contribution in [3.8, 4) is 22.3 Å². The number of hydrogen-bond acceptors (Lipinski definition) is 6. The van der Waals surface area contributed by atoms with Crippen molar-refractivity contribution in [2.75, 3.05) is 5.73 Å². The first kappa shape index (κ1) is 12.3. The molecule has 3 heterocycles. The van der Waals surface area contributed by atoms with Crippen LogP contribution >= 0.6 is 27.3 Å². The molecule has 0 bridgehead atoms. The number of rotatable bonds is 2. The number of nitrogen functional groups attached to an aromatic ring is 1. The summed E-state index contributed by atoms with van der Waals surface area (Å²) >= 11 is 4.77. The second-order valence-electron chi connectivity index (χ2n) is 3.95. The highest BCUT2D eigenvalue weighted by atomic mass is 79.9. The topological polar surface area (TPSA) is 77.8 Å². The lowest BCUT2D eigenvalue weighted by molar-refractivity contribution is 0.433. The number of aryl methyl sites for hydroxylation is 1. The van der Waals surface area contributed by atoms with Crippen LogP contribution in [0.2, 0.25) is 0 Å². The first-order valence-corrected chi connectivity index (χ1v) is 7.06. The molecule has 0 fully saturated rings. The normalized spacial score (nSPS) is 10.8. The fourth-order valence-electron chi connectivity index (χ4n) is 1.65. The fraction of sp³-hybridized carbons (Fsp3) is 0.0833. The highest BCUT2D eigenvalue weighted by molar-refractivity contribution is 9.10. The summed E-state index contributed by atoms with van der Waals surface area (Å²) in [6.45, 7) is 1.96. The molecule has 19 heavy (non-hydrogen) atoms. The summed E-state index contributed by atoms with van der Waals surface area (Å²) in [4.78, 5) is 9.48. The van der Waals surface area contributed by atoms with E-state index in [9.17, 15) is 0 Å². The van der Waals surface area contributed by atoms with Crippen LogP contribution in [0.15, 0.2) is 33.4 Å². The smallest absolute Gasteiger partial charge is 0.268 e. The molecule has 0 aliphatic heterocycles. The minimum absolute atomic E-state index is 0.467. The number of halogens is 1. The van der Waals surface area contributed by atoms with Gasteiger partial charge in [0.05, 0.1) is 9.88 Å². The van der Waals surface area contributed by atoms with Gasteiger partial charge in [-0.05, 0) is 46.6 Å². The molecule has 7 heteroatoms. The Kier molecular flexibility index (Phi) is 3.08. The van der Waals surface area contributed by atoms with Gasteiger partial charge in [-0.3, -0.25) is 4.98 Å². The minimum atomic E-state index is 0.467. The van der Waals surface area contributed by atoms with Crippen LogP contribution in [0.3, 0.4) is 0 Å². The van der Waals surface area contributed by atoms with E-state index in [1.165, 1.54) is 11.3 Å². The molecule has 0 aliphatic carbocycles. The van der Waals surface area contributed by atoms with E-state index in [1.807, 2.05) is 25.1 Å². The molecule has 0 atom stereocenters. The number of anilines is 1. The Morgan fingerprint density at radius 1 is 1.37 bits per heavy atom. The highest BCUT2D eigenvalue weighted by Crippen LogP contribution is 2.33. The summed E-state index contributed by atoms with van der Waals surface area (Å²) in [5.41, 5.74) is 7.46. The molecular formula is C12H9BrN4OS. The molecule has 0 unspecified atom stereocenters. The van der Waals surface area contributed by atoms with Crippen molar-refractivity contribution in [1.82, 2.24) is 15.1 Å². The molecule has 3 aromatic heterocycles. The molecule has 0 saturated heterocycles. The van der Waals surface area contributed by atoms with E-state index in [-0.39, 0.29) is 0 Å². The number of hydrogen-bond donors (Lipinski definition) is 1. The van der Waals surface area contributed by atoms with Gasteiger partial charge in [-0.15, -0.1) is 11.3 Å². The zero-order valence-corrected chi connectivity index (χ0v) is 12.3. The molecule has 96 valence electrons. The Morgan fingerprint density at radius 2 is 2.21 bits per heavy atom. The van der Waals surface area contributed by atoms with Gasteiger partial charge >= 0.3 is 0 Å². The van der Waals surface area contributed by atoms with Crippen molar-refractivity contribution in [1.29, 1.82) is 0 Å². The van der Waals surface area contributed by atoms with Gasteiger partial charge in [-0.2, -0.15) is 4.98 Å². The summed E-state index contributed by atoms with van der Waals surface area (Å²) in [6, 6.07) is 5.60. The molecule has 0 aromatic carbocycles. The second kappa shape index (κ2) is 4.75. The van der Waals surface area contributed by atoms with Gasteiger partial charge in [0.25, 0.3) is 5.89 Å². The van der Waals surface area contributed by atoms with E-state index >= 15 is 0 Å². The Hall–Kier alpha value is -1.73. The number of nitrogens with zero attached hydrogens (tertiary/aromatic N) is 3. The summed E-state index contributed by atoms with van der Waals surface area (Å²) in [6.07, 6.45) is 1.69. The molecule has 3 rings (SSSR count). The third kappa shape index (κ3) is 2.39. The number of aromatic nitrogens is 3. The van der Waals surface area contributed by atoms with Crippen molar-refractivity contribution >= 4 is 32.3 Å². The van der Waals surface area contributed by atoms with Crippen LogP contribution in [-0.4, -0.2) is 15.1 Å². The van der Waals surface area contributed by atoms with Crippen LogP contribution in [0.4, 0.5) is 5.00 Å². The third-order valence-electron chi connectivity index (χ3n) is 2.51. The second-order valence-corrected chi connectivity index (χ2v) is 5.95. The van der Waals surface area contributed by atoms with Crippen LogP contribution in [0, 0.1) is 6.92 Å². The van der Waals surface area contributed by atoms with Crippen LogP contribution in [0.1, 0.15) is 5.56 Å². The zero-order valence-electron chi connectivity index (χ0n) is 9.92. The SMILES string of the molecule is Cc1cc(N)sc1-c1nc(-c2ccc(Br)cn2)no1. The first-order chi connectivity index (χ1) is 9.13. The molecule has 3 aromatic rings. The van der Waals surface area contributed by atoms with Gasteiger partial charge < -0.3 is 10.3 Å². The predicted molar refractivity (Wildman–Crippen MR) is 77.7 cm³/mol. The van der Waals surface area contributed by atoms with E-state index in [2.05, 4.69) is 31.1 Å². The average Bonchev–Trinajstić information content (AvgIpc) is 2.97. The molecule has 5 nitrogen and oxygen atoms in total. The largest absolute Gasteiger partial charge is 0.391 e. The van der Waals surface area contributed by atoms with E-state index < -0.39 is 0 Å². The lowest BCUT2D eigenvalue weighted by Gasteiger charge is -1.92. The monoisotopic (exact) mass is 336 g/mol. The molecule has 0 saturated carbocycles. The van der Waals surface area contributed by atoms with Gasteiger partial charge in [0.1, 0.15) is 5.69 Å². The maximum absolute atomic E-state index is 5.76. The number of nitrogens with two attached hydrogens (primary N) is 1. The first-order valence-electron chi connectivity index (χ1n) is 5.45. The zero-order chi connectivity index (χ0) is 13.4. The van der Waals surface area contributed by atoms with Crippen molar-refractivity contribution in [2.24, 2.45) is 0 Å². The van der Waals surface area contributed by atoms with Gasteiger partial charge in [-0.25, -0.2) is 0 Å². The molecule has 0 aliphatic rings. The Labute approximate surface area is 121 Å². The van der Waals surface area contributed by atoms with Crippen molar-refractivity contribution in [3.63, 3.8) is 0 Å². The molecule has 2 N–H and O–H groups in total. The quantitative estimate of drug-likeness (QED) is 0.774. The standard InChI is InChI=1S/C12H9BrN4OS/c1-6-4-9(14)19-10(6)12-16-11(17-18-12)8-3-2-7(13)5-15-8/h2-5H,14H2,1H3. The summed E-state index contributed by atoms with van der Waals surface area (Å²) in [5, 5.41) is 4.68. The molecule has 0 amide bonds. The predicted octanol–water partition coefficient (Wildman–Crippen LogP) is 3.51. The van der Waals surface area contributed by atoms with E-state index in [1.54, 1.807) is 6.20 Å². The summed E-state index contributed by atoms with van der Waals surface area (Å²) in [5.74, 6) is 0.938.